The minimum absolute atomic E-state index is 0.510. The highest BCUT2D eigenvalue weighted by Crippen LogP contribution is 2.13. The van der Waals surface area contributed by atoms with Crippen LogP contribution in [0.3, 0.4) is 0 Å². The minimum Gasteiger partial charge on any atom is -0.423 e. The molecule has 2 aromatic rings. The third-order valence-electron chi connectivity index (χ3n) is 2.35. The second-order valence-corrected chi connectivity index (χ2v) is 3.23. The Balaban J connectivity index is 2.75. The van der Waals surface area contributed by atoms with Crippen LogP contribution in [0, 0.1) is 6.92 Å². The van der Waals surface area contributed by atoms with Gasteiger partial charge >= 0.3 is 7.12 Å². The third kappa shape index (κ3) is 1.39. The molecular weight excluding hydrogens is 177 g/mol. The van der Waals surface area contributed by atoms with E-state index in [1.165, 1.54) is 0 Å². The highest BCUT2D eigenvalue weighted by molar-refractivity contribution is 6.59. The fourth-order valence-electron chi connectivity index (χ4n) is 1.59. The molecule has 3 nitrogen and oxygen atoms in total. The molecule has 1 aromatic heterocycles. The number of pyridine rings is 1. The van der Waals surface area contributed by atoms with Crippen LogP contribution >= 0.6 is 0 Å². The van der Waals surface area contributed by atoms with Crippen LogP contribution in [0.5, 0.6) is 0 Å². The van der Waals surface area contributed by atoms with E-state index >= 15 is 0 Å². The molecule has 70 valence electrons. The number of benzene rings is 1. The van der Waals surface area contributed by atoms with Crippen molar-refractivity contribution < 1.29 is 10.0 Å². The van der Waals surface area contributed by atoms with Gasteiger partial charge in [-0.25, -0.2) is 0 Å². The first-order valence-electron chi connectivity index (χ1n) is 4.40. The maximum Gasteiger partial charge on any atom is 0.488 e. The monoisotopic (exact) mass is 187 g/mol. The van der Waals surface area contributed by atoms with Gasteiger partial charge < -0.3 is 10.0 Å². The van der Waals surface area contributed by atoms with Crippen molar-refractivity contribution in [3.05, 3.63) is 36.0 Å². The lowest BCUT2D eigenvalue weighted by atomic mass is 9.76. The summed E-state index contributed by atoms with van der Waals surface area (Å²) in [6, 6.07) is 7.35. The second-order valence-electron chi connectivity index (χ2n) is 3.23. The summed E-state index contributed by atoms with van der Waals surface area (Å²) in [5, 5.41) is 19.2. The number of fused-ring (bicyclic) bond motifs is 1. The smallest absolute Gasteiger partial charge is 0.423 e. The topological polar surface area (TPSA) is 53.4 Å². The van der Waals surface area contributed by atoms with Crippen molar-refractivity contribution in [2.24, 2.45) is 0 Å². The Kier molecular flexibility index (Phi) is 2.23. The van der Waals surface area contributed by atoms with Gasteiger partial charge in [-0.3, -0.25) is 4.98 Å². The van der Waals surface area contributed by atoms with Crippen molar-refractivity contribution in [2.45, 2.75) is 6.92 Å². The van der Waals surface area contributed by atoms with Crippen LogP contribution in [0.2, 0.25) is 0 Å². The summed E-state index contributed by atoms with van der Waals surface area (Å²) in [6.07, 6.45) is 1.70. The maximum absolute atomic E-state index is 9.09. The van der Waals surface area contributed by atoms with Gasteiger partial charge in [0.15, 0.2) is 0 Å². The molecule has 0 fully saturated rings. The molecule has 2 N–H and O–H groups in total. The number of aromatic nitrogens is 1. The molecule has 0 atom stereocenters. The van der Waals surface area contributed by atoms with Gasteiger partial charge in [-0.2, -0.15) is 0 Å². The van der Waals surface area contributed by atoms with Gasteiger partial charge in [-0.15, -0.1) is 0 Å². The van der Waals surface area contributed by atoms with Crippen LogP contribution in [0.4, 0.5) is 0 Å². The Hall–Kier alpha value is -1.39. The first-order valence-corrected chi connectivity index (χ1v) is 4.40. The van der Waals surface area contributed by atoms with Crippen LogP contribution in [0.1, 0.15) is 5.56 Å². The van der Waals surface area contributed by atoms with E-state index in [4.69, 9.17) is 10.0 Å². The van der Waals surface area contributed by atoms with Crippen molar-refractivity contribution in [1.29, 1.82) is 0 Å². The molecule has 14 heavy (non-hydrogen) atoms. The third-order valence-corrected chi connectivity index (χ3v) is 2.35. The Bertz CT molecular complexity index is 471. The molecule has 0 spiro atoms. The summed E-state index contributed by atoms with van der Waals surface area (Å²) < 4.78 is 0. The van der Waals surface area contributed by atoms with E-state index in [9.17, 15) is 0 Å². The van der Waals surface area contributed by atoms with Crippen LogP contribution in [0.25, 0.3) is 10.9 Å². The quantitative estimate of drug-likeness (QED) is 0.628. The van der Waals surface area contributed by atoms with Crippen molar-refractivity contribution in [3.63, 3.8) is 0 Å². The van der Waals surface area contributed by atoms with Gasteiger partial charge in [0.2, 0.25) is 0 Å². The largest absolute Gasteiger partial charge is 0.488 e. The predicted molar refractivity (Wildman–Crippen MR) is 56.3 cm³/mol. The molecule has 0 saturated heterocycles. The Labute approximate surface area is 82.2 Å². The summed E-state index contributed by atoms with van der Waals surface area (Å²) in [4.78, 5) is 4.20. The first-order chi connectivity index (χ1) is 6.70. The van der Waals surface area contributed by atoms with Crippen LogP contribution < -0.4 is 5.46 Å². The molecule has 2 rings (SSSR count). The number of hydrogen-bond acceptors (Lipinski definition) is 3. The average molecular weight is 187 g/mol. The summed E-state index contributed by atoms with van der Waals surface area (Å²) in [6.45, 7) is 1.84. The lowest BCUT2D eigenvalue weighted by Gasteiger charge is -2.06. The zero-order valence-electron chi connectivity index (χ0n) is 7.81. The van der Waals surface area contributed by atoms with Crippen LogP contribution in [0.15, 0.2) is 30.5 Å². The molecule has 0 saturated carbocycles. The summed E-state index contributed by atoms with van der Waals surface area (Å²) in [5.74, 6) is 0. The normalized spacial score (nSPS) is 10.5. The molecule has 0 bridgehead atoms. The second kappa shape index (κ2) is 3.40. The lowest BCUT2D eigenvalue weighted by molar-refractivity contribution is 0.425. The highest BCUT2D eigenvalue weighted by atomic mass is 16.4. The molecule has 1 aromatic carbocycles. The van der Waals surface area contributed by atoms with E-state index in [-0.39, 0.29) is 0 Å². The van der Waals surface area contributed by atoms with Crippen LogP contribution in [-0.2, 0) is 0 Å². The number of hydrogen-bond donors (Lipinski definition) is 2. The molecular formula is C10H10BNO2. The molecule has 0 unspecified atom stereocenters. The van der Waals surface area contributed by atoms with Crippen molar-refractivity contribution in [1.82, 2.24) is 4.98 Å². The molecule has 1 heterocycles. The molecule has 0 aliphatic heterocycles. The number of aryl methyl sites for hydroxylation is 1. The lowest BCUT2D eigenvalue weighted by Crippen LogP contribution is -2.32. The van der Waals surface area contributed by atoms with Gasteiger partial charge in [-0.1, -0.05) is 18.2 Å². The van der Waals surface area contributed by atoms with E-state index in [1.807, 2.05) is 25.1 Å². The van der Waals surface area contributed by atoms with Gasteiger partial charge in [0.25, 0.3) is 0 Å². The fourth-order valence-corrected chi connectivity index (χ4v) is 1.59. The maximum atomic E-state index is 9.09. The Morgan fingerprint density at radius 2 is 2.00 bits per heavy atom. The van der Waals surface area contributed by atoms with Crippen molar-refractivity contribution in [3.8, 4) is 0 Å². The molecule has 0 radical (unpaired) electrons. The standard InChI is InChI=1S/C10H10BNO2/c1-7-9(11(13)14)5-4-8-3-2-6-12-10(7)8/h2-6,13-14H,1H3. The van der Waals surface area contributed by atoms with Gasteiger partial charge in [-0.05, 0) is 24.0 Å². The minimum atomic E-state index is -1.43. The zero-order valence-corrected chi connectivity index (χ0v) is 7.81. The summed E-state index contributed by atoms with van der Waals surface area (Å²) in [5.41, 5.74) is 2.15. The Morgan fingerprint density at radius 3 is 2.71 bits per heavy atom. The summed E-state index contributed by atoms with van der Waals surface area (Å²) >= 11 is 0. The van der Waals surface area contributed by atoms with Crippen molar-refractivity contribution in [2.75, 3.05) is 0 Å². The van der Waals surface area contributed by atoms with Crippen molar-refractivity contribution >= 4 is 23.5 Å². The molecule has 0 aliphatic carbocycles. The van der Waals surface area contributed by atoms with E-state index in [2.05, 4.69) is 4.98 Å². The fraction of sp³-hybridized carbons (Fsp3) is 0.100. The molecule has 0 aliphatic rings. The van der Waals surface area contributed by atoms with E-state index < -0.39 is 7.12 Å². The highest BCUT2D eigenvalue weighted by Gasteiger charge is 2.15. The van der Waals surface area contributed by atoms with E-state index in [1.54, 1.807) is 12.3 Å². The molecule has 0 amide bonds. The number of rotatable bonds is 1. The molecule has 4 heteroatoms. The SMILES string of the molecule is Cc1c(B(O)O)ccc2cccnc12. The average Bonchev–Trinajstić information content (AvgIpc) is 2.18. The number of nitrogens with zero attached hydrogens (tertiary/aromatic N) is 1. The van der Waals surface area contributed by atoms with Gasteiger partial charge in [0, 0.05) is 11.6 Å². The van der Waals surface area contributed by atoms with Gasteiger partial charge in [0.1, 0.15) is 0 Å². The summed E-state index contributed by atoms with van der Waals surface area (Å²) in [7, 11) is -1.43. The Morgan fingerprint density at radius 1 is 1.21 bits per heavy atom. The van der Waals surface area contributed by atoms with E-state index in [0.29, 0.717) is 5.46 Å². The predicted octanol–water partition coefficient (Wildman–Crippen LogP) is 0.223. The van der Waals surface area contributed by atoms with Crippen LogP contribution in [-0.4, -0.2) is 22.2 Å². The van der Waals surface area contributed by atoms with E-state index in [0.717, 1.165) is 16.5 Å². The first kappa shape index (κ1) is 9.18. The zero-order chi connectivity index (χ0) is 10.1. The van der Waals surface area contributed by atoms with Gasteiger partial charge in [0.05, 0.1) is 5.52 Å².